The maximum atomic E-state index is 13.5. The van der Waals surface area contributed by atoms with E-state index in [1.165, 1.54) is 35.6 Å². The Kier molecular flexibility index (Phi) is 7.97. The Bertz CT molecular complexity index is 1110. The van der Waals surface area contributed by atoms with Crippen molar-refractivity contribution in [2.75, 3.05) is 6.54 Å². The minimum atomic E-state index is -1.06. The van der Waals surface area contributed by atoms with Gasteiger partial charge in [-0.2, -0.15) is 0 Å². The van der Waals surface area contributed by atoms with E-state index in [0.717, 1.165) is 32.1 Å². The molecule has 1 fully saturated rings. The Balaban J connectivity index is 1.58. The van der Waals surface area contributed by atoms with E-state index >= 15 is 0 Å². The van der Waals surface area contributed by atoms with E-state index in [1.807, 2.05) is 0 Å². The van der Waals surface area contributed by atoms with E-state index in [4.69, 9.17) is 8.83 Å². The molecule has 1 saturated carbocycles. The summed E-state index contributed by atoms with van der Waals surface area (Å²) in [7, 11) is 0. The zero-order valence-corrected chi connectivity index (χ0v) is 19.2. The molecular weight excluding hydrogens is 453 g/mol. The molecule has 0 saturated heterocycles. The minimum Gasteiger partial charge on any atom is -0.467 e. The normalized spacial score (nSPS) is 14.8. The molecule has 0 bridgehead atoms. The molecule has 9 heteroatoms. The van der Waals surface area contributed by atoms with Crippen molar-refractivity contribution in [2.24, 2.45) is 0 Å². The van der Waals surface area contributed by atoms with Gasteiger partial charge in [0, 0.05) is 12.6 Å². The SMILES string of the molecule is O=C(NCC(=O)N(Cc1ccc(F)cc1)C(C(=O)NC1CCCCC1)c1ccco1)c1ccco1. The molecule has 1 aliphatic rings. The number of hydrogen-bond acceptors (Lipinski definition) is 5. The summed E-state index contributed by atoms with van der Waals surface area (Å²) in [6, 6.07) is 11.0. The van der Waals surface area contributed by atoms with Crippen LogP contribution >= 0.6 is 0 Å². The number of carbonyl (C=O) groups is 3. The van der Waals surface area contributed by atoms with E-state index in [1.54, 1.807) is 30.3 Å². The van der Waals surface area contributed by atoms with Gasteiger partial charge in [-0.1, -0.05) is 31.4 Å². The Morgan fingerprint density at radius 1 is 0.971 bits per heavy atom. The lowest BCUT2D eigenvalue weighted by Crippen LogP contribution is -2.49. The lowest BCUT2D eigenvalue weighted by atomic mass is 9.95. The average molecular weight is 482 g/mol. The second-order valence-corrected chi connectivity index (χ2v) is 8.57. The molecule has 0 radical (unpaired) electrons. The van der Waals surface area contributed by atoms with Gasteiger partial charge in [0.15, 0.2) is 11.8 Å². The highest BCUT2D eigenvalue weighted by Crippen LogP contribution is 2.26. The van der Waals surface area contributed by atoms with Crippen molar-refractivity contribution >= 4 is 17.7 Å². The number of hydrogen-bond donors (Lipinski definition) is 2. The van der Waals surface area contributed by atoms with Crippen LogP contribution in [0.3, 0.4) is 0 Å². The molecule has 2 aromatic heterocycles. The van der Waals surface area contributed by atoms with Crippen molar-refractivity contribution < 1.29 is 27.6 Å². The number of benzene rings is 1. The number of nitrogens with one attached hydrogen (secondary N) is 2. The highest BCUT2D eigenvalue weighted by atomic mass is 19.1. The molecule has 8 nitrogen and oxygen atoms in total. The minimum absolute atomic E-state index is 0.0131. The Morgan fingerprint density at radius 3 is 2.34 bits per heavy atom. The highest BCUT2D eigenvalue weighted by Gasteiger charge is 2.35. The van der Waals surface area contributed by atoms with Gasteiger partial charge in [-0.25, -0.2) is 4.39 Å². The second-order valence-electron chi connectivity index (χ2n) is 8.57. The molecule has 1 aromatic carbocycles. The van der Waals surface area contributed by atoms with Crippen LogP contribution in [0, 0.1) is 5.82 Å². The monoisotopic (exact) mass is 481 g/mol. The quantitative estimate of drug-likeness (QED) is 0.481. The molecule has 1 atom stereocenters. The fraction of sp³-hybridized carbons (Fsp3) is 0.346. The van der Waals surface area contributed by atoms with E-state index < -0.39 is 23.7 Å². The standard InChI is InChI=1S/C26H28FN3O5/c27-19-12-10-18(11-13-19)17-30(23(31)16-28-25(32)22-9-5-15-35-22)24(21-8-4-14-34-21)26(33)29-20-6-2-1-3-7-20/h4-5,8-15,20,24H,1-3,6-7,16-17H2,(H,28,32)(H,29,33). The molecular formula is C26H28FN3O5. The molecule has 3 amide bonds. The number of carbonyl (C=O) groups excluding carboxylic acids is 3. The number of furan rings is 2. The topological polar surface area (TPSA) is 105 Å². The van der Waals surface area contributed by atoms with Crippen molar-refractivity contribution in [3.05, 3.63) is 84.0 Å². The molecule has 3 aromatic rings. The van der Waals surface area contributed by atoms with Crippen molar-refractivity contribution in [1.82, 2.24) is 15.5 Å². The van der Waals surface area contributed by atoms with Crippen LogP contribution < -0.4 is 10.6 Å². The third-order valence-electron chi connectivity index (χ3n) is 6.06. The van der Waals surface area contributed by atoms with E-state index in [9.17, 15) is 18.8 Å². The Labute approximate surface area is 202 Å². The van der Waals surface area contributed by atoms with E-state index in [-0.39, 0.29) is 30.8 Å². The van der Waals surface area contributed by atoms with Crippen molar-refractivity contribution in [1.29, 1.82) is 0 Å². The molecule has 2 heterocycles. The fourth-order valence-electron chi connectivity index (χ4n) is 4.26. The third-order valence-corrected chi connectivity index (χ3v) is 6.06. The summed E-state index contributed by atoms with van der Waals surface area (Å²) in [5, 5.41) is 5.60. The van der Waals surface area contributed by atoms with Crippen LogP contribution in [0.15, 0.2) is 69.9 Å². The maximum Gasteiger partial charge on any atom is 0.287 e. The van der Waals surface area contributed by atoms with Crippen LogP contribution in [-0.4, -0.2) is 35.2 Å². The lowest BCUT2D eigenvalue weighted by Gasteiger charge is -2.32. The Morgan fingerprint density at radius 2 is 1.69 bits per heavy atom. The van der Waals surface area contributed by atoms with Gasteiger partial charge in [-0.05, 0) is 54.8 Å². The predicted octanol–water partition coefficient (Wildman–Crippen LogP) is 3.96. The first-order valence-electron chi connectivity index (χ1n) is 11.7. The molecule has 0 aliphatic heterocycles. The molecule has 0 spiro atoms. The molecule has 4 rings (SSSR count). The van der Waals surface area contributed by atoms with Gasteiger partial charge in [-0.3, -0.25) is 14.4 Å². The van der Waals surface area contributed by atoms with Gasteiger partial charge in [0.2, 0.25) is 5.91 Å². The van der Waals surface area contributed by atoms with Crippen molar-refractivity contribution in [3.8, 4) is 0 Å². The highest BCUT2D eigenvalue weighted by molar-refractivity contribution is 5.95. The van der Waals surface area contributed by atoms with E-state index in [2.05, 4.69) is 10.6 Å². The lowest BCUT2D eigenvalue weighted by molar-refractivity contribution is -0.142. The zero-order valence-electron chi connectivity index (χ0n) is 19.2. The number of rotatable bonds is 9. The Hall–Kier alpha value is -3.88. The summed E-state index contributed by atoms with van der Waals surface area (Å²) < 4.78 is 24.1. The van der Waals surface area contributed by atoms with Gasteiger partial charge in [0.05, 0.1) is 19.1 Å². The fourth-order valence-corrected chi connectivity index (χ4v) is 4.26. The maximum absolute atomic E-state index is 13.5. The van der Waals surface area contributed by atoms with Crippen LogP contribution in [0.1, 0.15) is 60.0 Å². The molecule has 35 heavy (non-hydrogen) atoms. The number of amides is 3. The van der Waals surface area contributed by atoms with Crippen LogP contribution in [-0.2, 0) is 16.1 Å². The molecule has 1 unspecified atom stereocenters. The van der Waals surface area contributed by atoms with Gasteiger partial charge in [0.25, 0.3) is 11.8 Å². The van der Waals surface area contributed by atoms with Crippen LogP contribution in [0.25, 0.3) is 0 Å². The summed E-state index contributed by atoms with van der Waals surface area (Å²) >= 11 is 0. The summed E-state index contributed by atoms with van der Waals surface area (Å²) in [6.45, 7) is -0.353. The third kappa shape index (κ3) is 6.38. The summed E-state index contributed by atoms with van der Waals surface area (Å²) in [6.07, 6.45) is 7.76. The van der Waals surface area contributed by atoms with Crippen molar-refractivity contribution in [3.63, 3.8) is 0 Å². The molecule has 184 valence electrons. The first kappa shape index (κ1) is 24.3. The smallest absolute Gasteiger partial charge is 0.287 e. The predicted molar refractivity (Wildman–Crippen MR) is 124 cm³/mol. The first-order valence-corrected chi connectivity index (χ1v) is 11.7. The summed E-state index contributed by atoms with van der Waals surface area (Å²) in [5.41, 5.74) is 0.624. The van der Waals surface area contributed by atoms with E-state index in [0.29, 0.717) is 11.3 Å². The van der Waals surface area contributed by atoms with Crippen molar-refractivity contribution in [2.45, 2.75) is 50.7 Å². The number of halogens is 1. The number of nitrogens with zero attached hydrogens (tertiary/aromatic N) is 1. The van der Waals surface area contributed by atoms with Gasteiger partial charge < -0.3 is 24.4 Å². The zero-order chi connectivity index (χ0) is 24.6. The van der Waals surface area contributed by atoms with Crippen LogP contribution in [0.5, 0.6) is 0 Å². The van der Waals surface area contributed by atoms with Crippen LogP contribution in [0.4, 0.5) is 4.39 Å². The average Bonchev–Trinajstić information content (AvgIpc) is 3.59. The largest absolute Gasteiger partial charge is 0.467 e. The van der Waals surface area contributed by atoms with Gasteiger partial charge >= 0.3 is 0 Å². The summed E-state index contributed by atoms with van der Waals surface area (Å²) in [4.78, 5) is 40.6. The van der Waals surface area contributed by atoms with Gasteiger partial charge in [0.1, 0.15) is 11.6 Å². The molecule has 1 aliphatic carbocycles. The second kappa shape index (κ2) is 11.5. The van der Waals surface area contributed by atoms with Crippen LogP contribution in [0.2, 0.25) is 0 Å². The molecule has 2 N–H and O–H groups in total. The summed E-state index contributed by atoms with van der Waals surface area (Å²) in [5.74, 6) is -1.46. The van der Waals surface area contributed by atoms with Gasteiger partial charge in [-0.15, -0.1) is 0 Å². The first-order chi connectivity index (χ1) is 17.0.